The molecule has 0 bridgehead atoms. The van der Waals surface area contributed by atoms with Crippen molar-refractivity contribution in [1.29, 1.82) is 0 Å². The molecule has 2 rings (SSSR count). The number of imidazole rings is 1. The Bertz CT molecular complexity index is 564. The summed E-state index contributed by atoms with van der Waals surface area (Å²) in [6, 6.07) is 3.16. The van der Waals surface area contributed by atoms with Crippen molar-refractivity contribution in [1.82, 2.24) is 9.55 Å². The van der Waals surface area contributed by atoms with Crippen LogP contribution in [0.2, 0.25) is 5.02 Å². The van der Waals surface area contributed by atoms with Gasteiger partial charge in [0.1, 0.15) is 0 Å². The standard InChI is InChI=1S/C11H7Cl2F3N2/c12-4-8-5-18(6-17-8)10-2-1-7(3-9(10)13)11(14,15)16/h1-3,5-6H,4H2. The topological polar surface area (TPSA) is 17.8 Å². The van der Waals surface area contributed by atoms with E-state index >= 15 is 0 Å². The van der Waals surface area contributed by atoms with Gasteiger partial charge in [-0.1, -0.05) is 11.6 Å². The SMILES string of the molecule is FC(F)(F)c1ccc(-n2cnc(CCl)c2)c(Cl)c1. The molecular formula is C11H7Cl2F3N2. The fraction of sp³-hybridized carbons (Fsp3) is 0.182. The second-order valence-electron chi connectivity index (χ2n) is 3.57. The van der Waals surface area contributed by atoms with Crippen LogP contribution in [0.3, 0.4) is 0 Å². The molecule has 0 aliphatic carbocycles. The van der Waals surface area contributed by atoms with E-state index in [0.717, 1.165) is 12.1 Å². The quantitative estimate of drug-likeness (QED) is 0.756. The van der Waals surface area contributed by atoms with Gasteiger partial charge in [-0.25, -0.2) is 4.98 Å². The molecule has 0 unspecified atom stereocenters. The van der Waals surface area contributed by atoms with Crippen molar-refractivity contribution in [2.75, 3.05) is 0 Å². The second kappa shape index (κ2) is 4.82. The molecule has 1 aromatic heterocycles. The van der Waals surface area contributed by atoms with E-state index in [9.17, 15) is 13.2 Å². The van der Waals surface area contributed by atoms with E-state index in [2.05, 4.69) is 4.98 Å². The molecule has 0 saturated heterocycles. The van der Waals surface area contributed by atoms with Crippen LogP contribution in [0.5, 0.6) is 0 Å². The Balaban J connectivity index is 2.41. The summed E-state index contributed by atoms with van der Waals surface area (Å²) in [5.74, 6) is 0.227. The van der Waals surface area contributed by atoms with Crippen LogP contribution >= 0.6 is 23.2 Å². The first-order valence-electron chi connectivity index (χ1n) is 4.88. The van der Waals surface area contributed by atoms with Gasteiger partial charge in [-0.3, -0.25) is 0 Å². The second-order valence-corrected chi connectivity index (χ2v) is 4.24. The maximum absolute atomic E-state index is 12.5. The highest BCUT2D eigenvalue weighted by Gasteiger charge is 2.30. The lowest BCUT2D eigenvalue weighted by Crippen LogP contribution is -2.05. The van der Waals surface area contributed by atoms with Crippen LogP contribution < -0.4 is 0 Å². The van der Waals surface area contributed by atoms with E-state index in [1.54, 1.807) is 6.20 Å². The number of benzene rings is 1. The van der Waals surface area contributed by atoms with E-state index in [1.807, 2.05) is 0 Å². The summed E-state index contributed by atoms with van der Waals surface area (Å²) in [5.41, 5.74) is 0.259. The first-order valence-corrected chi connectivity index (χ1v) is 5.79. The van der Waals surface area contributed by atoms with Gasteiger partial charge in [0.15, 0.2) is 0 Å². The van der Waals surface area contributed by atoms with Crippen LogP contribution in [0.4, 0.5) is 13.2 Å². The third kappa shape index (κ3) is 2.62. The molecule has 1 aromatic carbocycles. The Morgan fingerprint density at radius 3 is 2.50 bits per heavy atom. The minimum Gasteiger partial charge on any atom is -0.304 e. The molecular weight excluding hydrogens is 288 g/mol. The van der Waals surface area contributed by atoms with Crippen molar-refractivity contribution >= 4 is 23.2 Å². The maximum Gasteiger partial charge on any atom is 0.416 e. The predicted octanol–water partition coefficient (Wildman–Crippen LogP) is 4.28. The number of aromatic nitrogens is 2. The molecule has 0 spiro atoms. The first-order chi connectivity index (χ1) is 8.41. The van der Waals surface area contributed by atoms with Crippen LogP contribution in [0.1, 0.15) is 11.3 Å². The summed E-state index contributed by atoms with van der Waals surface area (Å²) in [6.45, 7) is 0. The monoisotopic (exact) mass is 294 g/mol. The van der Waals surface area contributed by atoms with Crippen LogP contribution in [0, 0.1) is 0 Å². The summed E-state index contributed by atoms with van der Waals surface area (Å²) in [4.78, 5) is 3.97. The van der Waals surface area contributed by atoms with Gasteiger partial charge in [-0.05, 0) is 18.2 Å². The zero-order chi connectivity index (χ0) is 13.3. The van der Waals surface area contributed by atoms with E-state index < -0.39 is 11.7 Å². The molecule has 0 saturated carbocycles. The minimum atomic E-state index is -4.40. The van der Waals surface area contributed by atoms with Gasteiger partial charge >= 0.3 is 6.18 Å². The summed E-state index contributed by atoms with van der Waals surface area (Å²) in [6.07, 6.45) is -1.34. The number of hydrogen-bond acceptors (Lipinski definition) is 1. The van der Waals surface area contributed by atoms with Crippen LogP contribution in [0.15, 0.2) is 30.7 Å². The van der Waals surface area contributed by atoms with Gasteiger partial charge < -0.3 is 4.57 Å². The van der Waals surface area contributed by atoms with Crippen molar-refractivity contribution in [3.63, 3.8) is 0 Å². The fourth-order valence-electron chi connectivity index (χ4n) is 1.46. The number of hydrogen-bond donors (Lipinski definition) is 0. The molecule has 2 nitrogen and oxygen atoms in total. The largest absolute Gasteiger partial charge is 0.416 e. The van der Waals surface area contributed by atoms with Crippen LogP contribution in [-0.4, -0.2) is 9.55 Å². The molecule has 1 heterocycles. The van der Waals surface area contributed by atoms with Gasteiger partial charge in [0.05, 0.1) is 34.2 Å². The number of alkyl halides is 4. The predicted molar refractivity (Wildman–Crippen MR) is 63.1 cm³/mol. The van der Waals surface area contributed by atoms with Gasteiger partial charge in [0, 0.05) is 6.20 Å². The zero-order valence-electron chi connectivity index (χ0n) is 8.88. The number of rotatable bonds is 2. The molecule has 0 radical (unpaired) electrons. The maximum atomic E-state index is 12.5. The Morgan fingerprint density at radius 2 is 2.00 bits per heavy atom. The smallest absolute Gasteiger partial charge is 0.304 e. The van der Waals surface area contributed by atoms with Crippen LogP contribution in [0.25, 0.3) is 5.69 Å². The molecule has 7 heteroatoms. The van der Waals surface area contributed by atoms with Gasteiger partial charge in [0.25, 0.3) is 0 Å². The van der Waals surface area contributed by atoms with Gasteiger partial charge in [-0.2, -0.15) is 13.2 Å². The Kier molecular flexibility index (Phi) is 3.54. The first kappa shape index (κ1) is 13.2. The molecule has 18 heavy (non-hydrogen) atoms. The normalized spacial score (nSPS) is 11.8. The Labute approximate surface area is 111 Å². The Hall–Kier alpha value is -1.20. The molecule has 96 valence electrons. The lowest BCUT2D eigenvalue weighted by atomic mass is 10.2. The number of halogens is 5. The summed E-state index contributed by atoms with van der Waals surface area (Å²) in [7, 11) is 0. The third-order valence-corrected chi connectivity index (χ3v) is 2.90. The van der Waals surface area contributed by atoms with Crippen molar-refractivity contribution in [3.05, 3.63) is 47.0 Å². The summed E-state index contributed by atoms with van der Waals surface area (Å²) in [5, 5.41) is 0.00310. The lowest BCUT2D eigenvalue weighted by molar-refractivity contribution is -0.137. The fourth-order valence-corrected chi connectivity index (χ4v) is 1.87. The summed E-state index contributed by atoms with van der Waals surface area (Å²) < 4.78 is 38.9. The highest BCUT2D eigenvalue weighted by molar-refractivity contribution is 6.32. The molecule has 0 N–H and O–H groups in total. The minimum absolute atomic E-state index is 0.00310. The van der Waals surface area contributed by atoms with E-state index in [1.165, 1.54) is 17.0 Å². The molecule has 0 aliphatic rings. The molecule has 2 aromatic rings. The van der Waals surface area contributed by atoms with Crippen molar-refractivity contribution in [2.24, 2.45) is 0 Å². The molecule has 0 fully saturated rings. The van der Waals surface area contributed by atoms with Crippen molar-refractivity contribution < 1.29 is 13.2 Å². The molecule has 0 amide bonds. The Morgan fingerprint density at radius 1 is 1.28 bits per heavy atom. The lowest BCUT2D eigenvalue weighted by Gasteiger charge is -2.10. The number of nitrogens with zero attached hydrogens (tertiary/aromatic N) is 2. The highest BCUT2D eigenvalue weighted by atomic mass is 35.5. The van der Waals surface area contributed by atoms with Crippen LogP contribution in [-0.2, 0) is 12.1 Å². The molecule has 0 atom stereocenters. The van der Waals surface area contributed by atoms with E-state index in [0.29, 0.717) is 11.4 Å². The third-order valence-electron chi connectivity index (χ3n) is 2.33. The van der Waals surface area contributed by atoms with Crippen molar-refractivity contribution in [3.8, 4) is 5.69 Å². The molecule has 0 aliphatic heterocycles. The van der Waals surface area contributed by atoms with E-state index in [-0.39, 0.29) is 10.9 Å². The van der Waals surface area contributed by atoms with Gasteiger partial charge in [0.2, 0.25) is 0 Å². The van der Waals surface area contributed by atoms with Crippen molar-refractivity contribution in [2.45, 2.75) is 12.1 Å². The summed E-state index contributed by atoms with van der Waals surface area (Å²) >= 11 is 11.4. The van der Waals surface area contributed by atoms with Gasteiger partial charge in [-0.15, -0.1) is 11.6 Å². The highest BCUT2D eigenvalue weighted by Crippen LogP contribution is 2.33. The average Bonchev–Trinajstić information content (AvgIpc) is 2.76. The average molecular weight is 295 g/mol. The zero-order valence-corrected chi connectivity index (χ0v) is 10.4. The van der Waals surface area contributed by atoms with E-state index in [4.69, 9.17) is 23.2 Å².